The van der Waals surface area contributed by atoms with Crippen LogP contribution >= 0.6 is 11.6 Å². The lowest BCUT2D eigenvalue weighted by atomic mass is 10.1. The summed E-state index contributed by atoms with van der Waals surface area (Å²) in [5.41, 5.74) is 5.41. The number of halogens is 4. The number of nitrogens with zero attached hydrogens (tertiary/aromatic N) is 6. The second-order valence-electron chi connectivity index (χ2n) is 8.94. The van der Waals surface area contributed by atoms with Gasteiger partial charge in [0.1, 0.15) is 12.2 Å². The number of carbonyl (C=O) groups excluding carboxylic acids is 1. The van der Waals surface area contributed by atoms with Gasteiger partial charge in [-0.3, -0.25) is 14.7 Å². The van der Waals surface area contributed by atoms with E-state index in [0.29, 0.717) is 26.1 Å². The van der Waals surface area contributed by atoms with Gasteiger partial charge in [0.05, 0.1) is 11.0 Å². The maximum atomic E-state index is 12.5. The number of aromatic nitrogens is 5. The molecule has 0 spiro atoms. The standard InChI is InChI=1S/C25H23ClF3N7O/c26-24-31-13-18(14-32-24)17-1-2-20-21(10-17)34-22(33-20)11-19-9-16(3-4-30-19)15-35-5-7-36(8-6-35)23(37)12-25(27,28)29/h1-4,9-10,13-14H,5-8,11-12,15H2,(H,33,34). The molecule has 0 aliphatic carbocycles. The van der Waals surface area contributed by atoms with Crippen LogP contribution in [0.15, 0.2) is 48.9 Å². The van der Waals surface area contributed by atoms with E-state index < -0.39 is 18.5 Å². The first-order valence-corrected chi connectivity index (χ1v) is 12.1. The van der Waals surface area contributed by atoms with Crippen molar-refractivity contribution in [1.82, 2.24) is 34.7 Å². The minimum atomic E-state index is -4.48. The molecule has 1 N–H and O–H groups in total. The van der Waals surface area contributed by atoms with Gasteiger partial charge in [0, 0.05) is 69.0 Å². The number of aromatic amines is 1. The predicted octanol–water partition coefficient (Wildman–Crippen LogP) is 4.26. The first kappa shape index (κ1) is 25.1. The van der Waals surface area contributed by atoms with Gasteiger partial charge in [-0.1, -0.05) is 6.07 Å². The van der Waals surface area contributed by atoms with Gasteiger partial charge < -0.3 is 9.88 Å². The maximum Gasteiger partial charge on any atom is 0.397 e. The normalized spacial score (nSPS) is 14.9. The highest BCUT2D eigenvalue weighted by Gasteiger charge is 2.34. The first-order valence-electron chi connectivity index (χ1n) is 11.7. The van der Waals surface area contributed by atoms with E-state index in [2.05, 4.69) is 29.8 Å². The van der Waals surface area contributed by atoms with Crippen molar-refractivity contribution in [3.63, 3.8) is 0 Å². The number of rotatable bonds is 6. The summed E-state index contributed by atoms with van der Waals surface area (Å²) in [5, 5.41) is 0.196. The Bertz CT molecular complexity index is 1400. The summed E-state index contributed by atoms with van der Waals surface area (Å²) < 4.78 is 37.5. The van der Waals surface area contributed by atoms with Gasteiger partial charge in [0.15, 0.2) is 0 Å². The second-order valence-corrected chi connectivity index (χ2v) is 9.28. The van der Waals surface area contributed by atoms with E-state index >= 15 is 0 Å². The molecule has 4 heterocycles. The molecule has 4 aromatic rings. The van der Waals surface area contributed by atoms with Crippen LogP contribution in [0.4, 0.5) is 13.2 Å². The number of hydrogen-bond donors (Lipinski definition) is 1. The molecule has 192 valence electrons. The minimum absolute atomic E-state index is 0.196. The van der Waals surface area contributed by atoms with E-state index in [1.165, 1.54) is 4.90 Å². The topological polar surface area (TPSA) is 90.9 Å². The summed E-state index contributed by atoms with van der Waals surface area (Å²) in [6.45, 7) is 2.24. The summed E-state index contributed by atoms with van der Waals surface area (Å²) in [4.78, 5) is 35.8. The molecule has 1 aliphatic heterocycles. The van der Waals surface area contributed by atoms with E-state index in [1.54, 1.807) is 18.6 Å². The fraction of sp³-hybridized carbons (Fsp3) is 0.320. The van der Waals surface area contributed by atoms with Crippen LogP contribution in [0.5, 0.6) is 0 Å². The van der Waals surface area contributed by atoms with Gasteiger partial charge in [-0.05, 0) is 47.0 Å². The molecule has 1 saturated heterocycles. The fourth-order valence-corrected chi connectivity index (χ4v) is 4.48. The zero-order valence-corrected chi connectivity index (χ0v) is 20.4. The number of hydrogen-bond acceptors (Lipinski definition) is 6. The second kappa shape index (κ2) is 10.4. The van der Waals surface area contributed by atoms with Crippen molar-refractivity contribution in [2.45, 2.75) is 25.6 Å². The number of alkyl halides is 3. The quantitative estimate of drug-likeness (QED) is 0.375. The Kier molecular flexibility index (Phi) is 7.07. The van der Waals surface area contributed by atoms with Crippen molar-refractivity contribution in [2.24, 2.45) is 0 Å². The molecule has 12 heteroatoms. The Hall–Kier alpha value is -3.57. The molecular formula is C25H23ClF3N7O. The Morgan fingerprint density at radius 1 is 1.00 bits per heavy atom. The van der Waals surface area contributed by atoms with Crippen LogP contribution in [0.1, 0.15) is 23.5 Å². The van der Waals surface area contributed by atoms with Crippen molar-refractivity contribution in [3.8, 4) is 11.1 Å². The summed E-state index contributed by atoms with van der Waals surface area (Å²) in [6.07, 6.45) is -0.279. The number of amides is 1. The molecule has 8 nitrogen and oxygen atoms in total. The Labute approximate surface area is 215 Å². The maximum absolute atomic E-state index is 12.5. The fourth-order valence-electron chi connectivity index (χ4n) is 4.38. The van der Waals surface area contributed by atoms with Crippen molar-refractivity contribution < 1.29 is 18.0 Å². The van der Waals surface area contributed by atoms with Crippen LogP contribution in [0.2, 0.25) is 5.28 Å². The predicted molar refractivity (Wildman–Crippen MR) is 132 cm³/mol. The molecule has 3 aromatic heterocycles. The van der Waals surface area contributed by atoms with E-state index in [0.717, 1.165) is 39.2 Å². The monoisotopic (exact) mass is 529 g/mol. The molecular weight excluding hydrogens is 507 g/mol. The minimum Gasteiger partial charge on any atom is -0.342 e. The molecule has 0 atom stereocenters. The molecule has 0 unspecified atom stereocenters. The highest BCUT2D eigenvalue weighted by atomic mass is 35.5. The first-order chi connectivity index (χ1) is 17.7. The molecule has 0 radical (unpaired) electrons. The molecule has 1 fully saturated rings. The number of pyridine rings is 1. The zero-order chi connectivity index (χ0) is 26.0. The van der Waals surface area contributed by atoms with Crippen LogP contribution in [0, 0.1) is 0 Å². The number of benzene rings is 1. The van der Waals surface area contributed by atoms with Crippen LogP contribution < -0.4 is 0 Å². The third-order valence-corrected chi connectivity index (χ3v) is 6.39. The van der Waals surface area contributed by atoms with Crippen molar-refractivity contribution >= 4 is 28.5 Å². The van der Waals surface area contributed by atoms with Crippen molar-refractivity contribution in [1.29, 1.82) is 0 Å². The third kappa shape index (κ3) is 6.41. The smallest absolute Gasteiger partial charge is 0.342 e. The van der Waals surface area contributed by atoms with Gasteiger partial charge in [0.2, 0.25) is 11.2 Å². The lowest BCUT2D eigenvalue weighted by Gasteiger charge is -2.35. The lowest BCUT2D eigenvalue weighted by molar-refractivity contribution is -0.162. The molecule has 0 saturated carbocycles. The number of imidazole rings is 1. The Balaban J connectivity index is 1.21. The van der Waals surface area contributed by atoms with Crippen molar-refractivity contribution in [2.75, 3.05) is 26.2 Å². The molecule has 1 amide bonds. The van der Waals surface area contributed by atoms with Gasteiger partial charge >= 0.3 is 6.18 Å². The lowest BCUT2D eigenvalue weighted by Crippen LogP contribution is -2.49. The average molecular weight is 530 g/mol. The highest BCUT2D eigenvalue weighted by Crippen LogP contribution is 2.24. The van der Waals surface area contributed by atoms with Crippen molar-refractivity contribution in [3.05, 3.63) is 71.3 Å². The summed E-state index contributed by atoms with van der Waals surface area (Å²) in [6, 6.07) is 9.80. The summed E-state index contributed by atoms with van der Waals surface area (Å²) in [7, 11) is 0. The molecule has 0 bridgehead atoms. The van der Waals surface area contributed by atoms with Crippen LogP contribution in [0.25, 0.3) is 22.2 Å². The number of piperazine rings is 1. The molecule has 1 aromatic carbocycles. The van der Waals surface area contributed by atoms with E-state index in [1.807, 2.05) is 30.3 Å². The van der Waals surface area contributed by atoms with Crippen LogP contribution in [-0.2, 0) is 17.8 Å². The SMILES string of the molecule is O=C(CC(F)(F)F)N1CCN(Cc2ccnc(Cc3nc4ccc(-c5cnc(Cl)nc5)cc4[nH]3)c2)CC1. The Morgan fingerprint density at radius 2 is 1.76 bits per heavy atom. The number of nitrogens with one attached hydrogen (secondary N) is 1. The van der Waals surface area contributed by atoms with Crippen LogP contribution in [0.3, 0.4) is 0 Å². The molecule has 5 rings (SSSR count). The third-order valence-electron chi connectivity index (χ3n) is 6.20. The van der Waals surface area contributed by atoms with E-state index in [-0.39, 0.29) is 18.4 Å². The highest BCUT2D eigenvalue weighted by molar-refractivity contribution is 6.28. The largest absolute Gasteiger partial charge is 0.397 e. The molecule has 1 aliphatic rings. The summed E-state index contributed by atoms with van der Waals surface area (Å²) in [5.74, 6) is -0.0845. The summed E-state index contributed by atoms with van der Waals surface area (Å²) >= 11 is 5.78. The number of carbonyl (C=O) groups is 1. The average Bonchev–Trinajstić information content (AvgIpc) is 3.25. The zero-order valence-electron chi connectivity index (χ0n) is 19.7. The van der Waals surface area contributed by atoms with Gasteiger partial charge in [0.25, 0.3) is 0 Å². The molecule has 37 heavy (non-hydrogen) atoms. The van der Waals surface area contributed by atoms with Crippen LogP contribution in [-0.4, -0.2) is 73.0 Å². The Morgan fingerprint density at radius 3 is 2.49 bits per heavy atom. The van der Waals surface area contributed by atoms with E-state index in [9.17, 15) is 18.0 Å². The van der Waals surface area contributed by atoms with Gasteiger partial charge in [-0.25, -0.2) is 15.0 Å². The van der Waals surface area contributed by atoms with Gasteiger partial charge in [-0.2, -0.15) is 13.2 Å². The number of fused-ring (bicyclic) bond motifs is 1. The number of H-pyrrole nitrogens is 1. The van der Waals surface area contributed by atoms with E-state index in [4.69, 9.17) is 11.6 Å². The van der Waals surface area contributed by atoms with Gasteiger partial charge in [-0.15, -0.1) is 0 Å².